The molecule has 0 aromatic heterocycles. The van der Waals surface area contributed by atoms with Crippen molar-refractivity contribution in [2.24, 2.45) is 5.92 Å². The average Bonchev–Trinajstić information content (AvgIpc) is 3.36. The molecule has 0 aliphatic heterocycles. The Balaban J connectivity index is 1.08. The molecule has 0 heterocycles. The highest BCUT2D eigenvalue weighted by Crippen LogP contribution is 2.54. The fourth-order valence-electron chi connectivity index (χ4n) is 8.10. The molecule has 1 heteroatoms. The van der Waals surface area contributed by atoms with Gasteiger partial charge in [0.25, 0.3) is 0 Å². The molecular formula is C40H37N. The summed E-state index contributed by atoms with van der Waals surface area (Å²) in [5, 5.41) is 6.50. The quantitative estimate of drug-likeness (QED) is 0.277. The number of hydrogen-bond donors (Lipinski definition) is 1. The molecule has 1 nitrogen and oxygen atoms in total. The second-order valence-electron chi connectivity index (χ2n) is 13.5. The van der Waals surface area contributed by atoms with Gasteiger partial charge in [-0.2, -0.15) is 0 Å². The van der Waals surface area contributed by atoms with Gasteiger partial charge in [-0.15, -0.1) is 0 Å². The molecule has 41 heavy (non-hydrogen) atoms. The van der Waals surface area contributed by atoms with Crippen molar-refractivity contribution in [2.45, 2.75) is 56.9 Å². The summed E-state index contributed by atoms with van der Waals surface area (Å²) in [5.74, 6) is 0.957. The molecule has 0 radical (unpaired) electrons. The van der Waals surface area contributed by atoms with Crippen LogP contribution in [0.25, 0.3) is 27.5 Å². The molecule has 8 rings (SSSR count). The van der Waals surface area contributed by atoms with Crippen LogP contribution in [-0.4, -0.2) is 6.04 Å². The summed E-state index contributed by atoms with van der Waals surface area (Å²) in [4.78, 5) is 0. The predicted octanol–water partition coefficient (Wildman–Crippen LogP) is 9.61. The summed E-state index contributed by atoms with van der Waals surface area (Å²) in [6.07, 6.45) is 13.3. The van der Waals surface area contributed by atoms with Crippen LogP contribution in [-0.2, 0) is 10.8 Å². The summed E-state index contributed by atoms with van der Waals surface area (Å²) in [6.45, 7) is 9.61. The molecule has 4 aromatic rings. The molecule has 0 saturated carbocycles. The van der Waals surface area contributed by atoms with Gasteiger partial charge in [0.05, 0.1) is 0 Å². The van der Waals surface area contributed by atoms with Crippen molar-refractivity contribution >= 4 is 16.3 Å². The lowest BCUT2D eigenvalue weighted by Crippen LogP contribution is -2.32. The van der Waals surface area contributed by atoms with Crippen LogP contribution in [0.15, 0.2) is 127 Å². The number of fused-ring (bicyclic) bond motifs is 7. The van der Waals surface area contributed by atoms with E-state index < -0.39 is 0 Å². The smallest absolute Gasteiger partial charge is 0.0485 e. The molecule has 4 aliphatic carbocycles. The maximum Gasteiger partial charge on any atom is 0.0485 e. The van der Waals surface area contributed by atoms with E-state index in [0.29, 0.717) is 17.9 Å². The van der Waals surface area contributed by atoms with Crippen LogP contribution >= 0.6 is 0 Å². The molecular weight excluding hydrogens is 494 g/mol. The summed E-state index contributed by atoms with van der Waals surface area (Å²) >= 11 is 0. The number of benzene rings is 4. The maximum atomic E-state index is 3.92. The Kier molecular flexibility index (Phi) is 5.24. The molecule has 0 saturated heterocycles. The number of nitrogens with one attached hydrogen (secondary N) is 1. The minimum atomic E-state index is -0.0364. The molecule has 0 spiro atoms. The van der Waals surface area contributed by atoms with Crippen LogP contribution < -0.4 is 5.32 Å². The van der Waals surface area contributed by atoms with Gasteiger partial charge in [0.2, 0.25) is 0 Å². The first-order valence-corrected chi connectivity index (χ1v) is 15.1. The molecule has 202 valence electrons. The Morgan fingerprint density at radius 1 is 0.732 bits per heavy atom. The molecule has 0 bridgehead atoms. The first kappa shape index (κ1) is 24.7. The van der Waals surface area contributed by atoms with Crippen molar-refractivity contribution in [3.8, 4) is 11.1 Å². The minimum absolute atomic E-state index is 0.0364. The van der Waals surface area contributed by atoms with Crippen LogP contribution in [0.4, 0.5) is 0 Å². The number of hydrogen-bond acceptors (Lipinski definition) is 1. The predicted molar refractivity (Wildman–Crippen MR) is 173 cm³/mol. The highest BCUT2D eigenvalue weighted by atomic mass is 14.9. The minimum Gasteiger partial charge on any atom is -0.379 e. The van der Waals surface area contributed by atoms with Crippen LogP contribution in [0.5, 0.6) is 0 Å². The lowest BCUT2D eigenvalue weighted by atomic mass is 9.74. The van der Waals surface area contributed by atoms with Gasteiger partial charge in [-0.1, -0.05) is 125 Å². The van der Waals surface area contributed by atoms with Crippen LogP contribution in [0.2, 0.25) is 0 Å². The zero-order valence-corrected chi connectivity index (χ0v) is 24.4. The van der Waals surface area contributed by atoms with Gasteiger partial charge in [-0.05, 0) is 91.3 Å². The topological polar surface area (TPSA) is 12.0 Å². The van der Waals surface area contributed by atoms with E-state index in [2.05, 4.69) is 148 Å². The second kappa shape index (κ2) is 8.70. The Morgan fingerprint density at radius 2 is 1.49 bits per heavy atom. The zero-order valence-electron chi connectivity index (χ0n) is 24.4. The third kappa shape index (κ3) is 3.68. The third-order valence-corrected chi connectivity index (χ3v) is 10.4. The molecule has 0 amide bonds. The van der Waals surface area contributed by atoms with Gasteiger partial charge >= 0.3 is 0 Å². The Bertz CT molecular complexity index is 1860. The highest BCUT2D eigenvalue weighted by Gasteiger charge is 2.45. The van der Waals surface area contributed by atoms with Gasteiger partial charge < -0.3 is 5.32 Å². The average molecular weight is 532 g/mol. The molecule has 3 unspecified atom stereocenters. The first-order chi connectivity index (χ1) is 19.8. The third-order valence-electron chi connectivity index (χ3n) is 10.4. The maximum absolute atomic E-state index is 3.92. The summed E-state index contributed by atoms with van der Waals surface area (Å²) in [6, 6.07) is 31.9. The molecule has 3 atom stereocenters. The van der Waals surface area contributed by atoms with Crippen LogP contribution in [0.1, 0.15) is 62.3 Å². The standard InChI is InChI=1S/C40H37N/c1-39(2)35-12-8-7-11-31(35)33-19-16-29(23-37(33)39)41-30-17-20-34-32-18-15-28(22-36(32)40(3,4)38(34)24-30)27-14-13-25-9-5-6-10-26(25)21-27/h5-16,18-24,30,33,37,41H,17H2,1-4H3. The fourth-order valence-corrected chi connectivity index (χ4v) is 8.10. The Hall–Kier alpha value is -4.10. The van der Waals surface area contributed by atoms with Gasteiger partial charge in [0, 0.05) is 23.1 Å². The van der Waals surface area contributed by atoms with Crippen LogP contribution in [0, 0.1) is 5.92 Å². The lowest BCUT2D eigenvalue weighted by Gasteiger charge is -2.32. The van der Waals surface area contributed by atoms with Crippen molar-refractivity contribution in [3.05, 3.63) is 149 Å². The van der Waals surface area contributed by atoms with Crippen LogP contribution in [0.3, 0.4) is 0 Å². The van der Waals surface area contributed by atoms with Crippen molar-refractivity contribution in [3.63, 3.8) is 0 Å². The van der Waals surface area contributed by atoms with E-state index in [4.69, 9.17) is 0 Å². The van der Waals surface area contributed by atoms with Gasteiger partial charge in [-0.25, -0.2) is 0 Å². The highest BCUT2D eigenvalue weighted by molar-refractivity contribution is 5.93. The van der Waals surface area contributed by atoms with E-state index in [9.17, 15) is 0 Å². The molecule has 4 aromatic carbocycles. The van der Waals surface area contributed by atoms with E-state index in [1.807, 2.05) is 0 Å². The van der Waals surface area contributed by atoms with Crippen molar-refractivity contribution in [1.82, 2.24) is 5.32 Å². The van der Waals surface area contributed by atoms with E-state index in [0.717, 1.165) is 6.42 Å². The zero-order chi connectivity index (χ0) is 27.9. The molecule has 4 aliphatic rings. The SMILES string of the molecule is CC1(C)C2=CC(NC3=CC4C(C=C3)c3ccccc3C4(C)C)CC=C2c2ccc(-c3ccc4ccccc4c3)cc21. The summed E-state index contributed by atoms with van der Waals surface area (Å²) < 4.78 is 0. The molecule has 1 N–H and O–H groups in total. The van der Waals surface area contributed by atoms with Crippen molar-refractivity contribution in [2.75, 3.05) is 0 Å². The van der Waals surface area contributed by atoms with Gasteiger partial charge in [-0.3, -0.25) is 0 Å². The van der Waals surface area contributed by atoms with Gasteiger partial charge in [0.1, 0.15) is 0 Å². The number of allylic oxidation sites excluding steroid dienone is 5. The van der Waals surface area contributed by atoms with Crippen molar-refractivity contribution in [1.29, 1.82) is 0 Å². The first-order valence-electron chi connectivity index (χ1n) is 15.1. The Morgan fingerprint density at radius 3 is 2.37 bits per heavy atom. The van der Waals surface area contributed by atoms with E-state index >= 15 is 0 Å². The monoisotopic (exact) mass is 531 g/mol. The van der Waals surface area contributed by atoms with E-state index in [-0.39, 0.29) is 10.8 Å². The normalized spacial score (nSPS) is 24.5. The van der Waals surface area contributed by atoms with E-state index in [1.54, 1.807) is 0 Å². The Labute approximate surface area is 244 Å². The van der Waals surface area contributed by atoms with Gasteiger partial charge in [0.15, 0.2) is 0 Å². The van der Waals surface area contributed by atoms with E-state index in [1.165, 1.54) is 61.0 Å². The molecule has 0 fully saturated rings. The summed E-state index contributed by atoms with van der Waals surface area (Å²) in [5.41, 5.74) is 12.6. The fraction of sp³-hybridized carbons (Fsp3) is 0.250. The summed E-state index contributed by atoms with van der Waals surface area (Å²) in [7, 11) is 0. The largest absolute Gasteiger partial charge is 0.379 e. The van der Waals surface area contributed by atoms with Crippen molar-refractivity contribution < 1.29 is 0 Å². The number of rotatable bonds is 3. The lowest BCUT2D eigenvalue weighted by molar-refractivity contribution is 0.390. The second-order valence-corrected chi connectivity index (χ2v) is 13.5.